The highest BCUT2D eigenvalue weighted by Gasteiger charge is 2.17. The molecule has 0 aliphatic heterocycles. The quantitative estimate of drug-likeness (QED) is 0.777. The van der Waals surface area contributed by atoms with Gasteiger partial charge in [0.2, 0.25) is 0 Å². The van der Waals surface area contributed by atoms with Crippen LogP contribution in [0.1, 0.15) is 31.0 Å². The molecule has 0 amide bonds. The van der Waals surface area contributed by atoms with Gasteiger partial charge in [-0.1, -0.05) is 0 Å². The summed E-state index contributed by atoms with van der Waals surface area (Å²) >= 11 is 0. The second kappa shape index (κ2) is 4.57. The van der Waals surface area contributed by atoms with Gasteiger partial charge in [-0.3, -0.25) is 0 Å². The van der Waals surface area contributed by atoms with Gasteiger partial charge in [-0.15, -0.1) is 0 Å². The monoisotopic (exact) mass is 207 g/mol. The first-order valence-corrected chi connectivity index (χ1v) is 5.51. The van der Waals surface area contributed by atoms with Crippen LogP contribution in [0.2, 0.25) is 0 Å². The molecular weight excluding hydrogens is 190 g/mol. The lowest BCUT2D eigenvalue weighted by atomic mass is 10.2. The molecule has 0 radical (unpaired) electrons. The van der Waals surface area contributed by atoms with E-state index >= 15 is 0 Å². The predicted molar refractivity (Wildman–Crippen MR) is 58.8 cm³/mol. The zero-order valence-electron chi connectivity index (χ0n) is 9.03. The van der Waals surface area contributed by atoms with Gasteiger partial charge in [-0.25, -0.2) is 9.97 Å². The summed E-state index contributed by atoms with van der Waals surface area (Å²) in [6.45, 7) is 2.26. The SMILES string of the molecule is CC(CCO)Nc1ncnc2c1CCC2. The van der Waals surface area contributed by atoms with Crippen LogP contribution in [0.5, 0.6) is 0 Å². The zero-order valence-corrected chi connectivity index (χ0v) is 9.03. The Morgan fingerprint density at radius 1 is 1.47 bits per heavy atom. The third-order valence-electron chi connectivity index (χ3n) is 2.82. The second-order valence-corrected chi connectivity index (χ2v) is 4.06. The molecular formula is C11H17N3O. The van der Waals surface area contributed by atoms with Crippen LogP contribution < -0.4 is 5.32 Å². The highest BCUT2D eigenvalue weighted by Crippen LogP contribution is 2.25. The van der Waals surface area contributed by atoms with Gasteiger partial charge in [-0.2, -0.15) is 0 Å². The minimum Gasteiger partial charge on any atom is -0.396 e. The number of hydrogen-bond acceptors (Lipinski definition) is 4. The van der Waals surface area contributed by atoms with Gasteiger partial charge in [0, 0.05) is 23.9 Å². The van der Waals surface area contributed by atoms with Gasteiger partial charge in [0.05, 0.1) is 0 Å². The first-order valence-electron chi connectivity index (χ1n) is 5.51. The van der Waals surface area contributed by atoms with Crippen LogP contribution in [0.4, 0.5) is 5.82 Å². The van der Waals surface area contributed by atoms with Crippen molar-refractivity contribution in [2.45, 2.75) is 38.6 Å². The lowest BCUT2D eigenvalue weighted by Gasteiger charge is -2.15. The second-order valence-electron chi connectivity index (χ2n) is 4.06. The van der Waals surface area contributed by atoms with E-state index < -0.39 is 0 Å². The van der Waals surface area contributed by atoms with E-state index in [0.717, 1.165) is 25.1 Å². The maximum Gasteiger partial charge on any atom is 0.133 e. The Balaban J connectivity index is 2.11. The number of aliphatic hydroxyl groups is 1. The number of aryl methyl sites for hydroxylation is 1. The first-order chi connectivity index (χ1) is 7.31. The Kier molecular flexibility index (Phi) is 3.16. The van der Waals surface area contributed by atoms with E-state index in [2.05, 4.69) is 22.2 Å². The number of nitrogens with zero attached hydrogens (tertiary/aromatic N) is 2. The molecule has 4 nitrogen and oxygen atoms in total. The molecule has 1 aliphatic carbocycles. The van der Waals surface area contributed by atoms with E-state index in [1.807, 2.05) is 0 Å². The van der Waals surface area contributed by atoms with E-state index in [0.29, 0.717) is 0 Å². The summed E-state index contributed by atoms with van der Waals surface area (Å²) in [6.07, 6.45) is 5.69. The average molecular weight is 207 g/mol. The molecule has 0 bridgehead atoms. The predicted octanol–water partition coefficient (Wildman–Crippen LogP) is 1.15. The smallest absolute Gasteiger partial charge is 0.133 e. The molecule has 1 atom stereocenters. The molecule has 0 saturated carbocycles. The average Bonchev–Trinajstić information content (AvgIpc) is 2.67. The number of nitrogens with one attached hydrogen (secondary N) is 1. The van der Waals surface area contributed by atoms with E-state index in [4.69, 9.17) is 5.11 Å². The molecule has 0 aromatic carbocycles. The molecule has 1 unspecified atom stereocenters. The Morgan fingerprint density at radius 2 is 2.33 bits per heavy atom. The molecule has 2 rings (SSSR count). The van der Waals surface area contributed by atoms with Gasteiger partial charge in [0.25, 0.3) is 0 Å². The van der Waals surface area contributed by atoms with Gasteiger partial charge >= 0.3 is 0 Å². The number of fused-ring (bicyclic) bond motifs is 1. The summed E-state index contributed by atoms with van der Waals surface area (Å²) in [5.41, 5.74) is 2.45. The van der Waals surface area contributed by atoms with Crippen LogP contribution in [-0.4, -0.2) is 27.7 Å². The molecule has 1 aliphatic rings. The third-order valence-corrected chi connectivity index (χ3v) is 2.82. The van der Waals surface area contributed by atoms with E-state index in [9.17, 15) is 0 Å². The van der Waals surface area contributed by atoms with E-state index in [-0.39, 0.29) is 12.6 Å². The molecule has 0 saturated heterocycles. The van der Waals surface area contributed by atoms with Crippen LogP contribution in [0.25, 0.3) is 0 Å². The lowest BCUT2D eigenvalue weighted by molar-refractivity contribution is 0.282. The summed E-state index contributed by atoms with van der Waals surface area (Å²) < 4.78 is 0. The summed E-state index contributed by atoms with van der Waals surface area (Å²) in [5.74, 6) is 0.957. The highest BCUT2D eigenvalue weighted by molar-refractivity contribution is 5.48. The van der Waals surface area contributed by atoms with Gasteiger partial charge in [0.1, 0.15) is 12.1 Å². The molecule has 15 heavy (non-hydrogen) atoms. The first kappa shape index (κ1) is 10.4. The Bertz CT molecular complexity index is 341. The summed E-state index contributed by atoms with van der Waals surface area (Å²) in [6, 6.07) is 0.259. The highest BCUT2D eigenvalue weighted by atomic mass is 16.3. The molecule has 0 fully saturated rings. The van der Waals surface area contributed by atoms with Crippen molar-refractivity contribution in [3.05, 3.63) is 17.6 Å². The molecule has 1 heterocycles. The van der Waals surface area contributed by atoms with Gasteiger partial charge in [0.15, 0.2) is 0 Å². The number of aliphatic hydroxyl groups excluding tert-OH is 1. The van der Waals surface area contributed by atoms with Gasteiger partial charge < -0.3 is 10.4 Å². The van der Waals surface area contributed by atoms with Crippen molar-refractivity contribution >= 4 is 5.82 Å². The number of aromatic nitrogens is 2. The maximum absolute atomic E-state index is 8.84. The summed E-state index contributed by atoms with van der Waals surface area (Å²) in [5, 5.41) is 12.2. The van der Waals surface area contributed by atoms with Crippen molar-refractivity contribution in [2.75, 3.05) is 11.9 Å². The minimum atomic E-state index is 0.210. The minimum absolute atomic E-state index is 0.210. The van der Waals surface area contributed by atoms with Crippen LogP contribution in [0, 0.1) is 0 Å². The number of anilines is 1. The third kappa shape index (κ3) is 2.26. The molecule has 82 valence electrons. The molecule has 0 spiro atoms. The van der Waals surface area contributed by atoms with E-state index in [1.54, 1.807) is 6.33 Å². The van der Waals surface area contributed by atoms with Crippen molar-refractivity contribution in [3.63, 3.8) is 0 Å². The van der Waals surface area contributed by atoms with Crippen LogP contribution in [-0.2, 0) is 12.8 Å². The number of hydrogen-bond donors (Lipinski definition) is 2. The topological polar surface area (TPSA) is 58.0 Å². The lowest BCUT2D eigenvalue weighted by Crippen LogP contribution is -2.18. The molecule has 2 N–H and O–H groups in total. The fraction of sp³-hybridized carbons (Fsp3) is 0.636. The fourth-order valence-electron chi connectivity index (χ4n) is 1.98. The summed E-state index contributed by atoms with van der Waals surface area (Å²) in [7, 11) is 0. The van der Waals surface area contributed by atoms with Crippen LogP contribution in [0.15, 0.2) is 6.33 Å². The van der Waals surface area contributed by atoms with E-state index in [1.165, 1.54) is 17.7 Å². The standard InChI is InChI=1S/C11H17N3O/c1-8(5-6-15)14-11-9-3-2-4-10(9)12-7-13-11/h7-8,15H,2-6H2,1H3,(H,12,13,14). The number of rotatable bonds is 4. The zero-order chi connectivity index (χ0) is 10.7. The van der Waals surface area contributed by atoms with Crippen molar-refractivity contribution in [1.29, 1.82) is 0 Å². The van der Waals surface area contributed by atoms with Crippen molar-refractivity contribution < 1.29 is 5.11 Å². The van der Waals surface area contributed by atoms with Crippen molar-refractivity contribution in [2.24, 2.45) is 0 Å². The largest absolute Gasteiger partial charge is 0.396 e. The molecule has 4 heteroatoms. The summed E-state index contributed by atoms with van der Waals surface area (Å²) in [4.78, 5) is 8.54. The van der Waals surface area contributed by atoms with Crippen LogP contribution >= 0.6 is 0 Å². The van der Waals surface area contributed by atoms with Crippen LogP contribution in [0.3, 0.4) is 0 Å². The van der Waals surface area contributed by atoms with Crippen molar-refractivity contribution in [1.82, 2.24) is 9.97 Å². The maximum atomic E-state index is 8.84. The molecule has 1 aromatic heterocycles. The fourth-order valence-corrected chi connectivity index (χ4v) is 1.98. The Labute approximate surface area is 89.8 Å². The Morgan fingerprint density at radius 3 is 3.13 bits per heavy atom. The normalized spacial score (nSPS) is 16.1. The Hall–Kier alpha value is -1.16. The van der Waals surface area contributed by atoms with Crippen molar-refractivity contribution in [3.8, 4) is 0 Å². The van der Waals surface area contributed by atoms with Gasteiger partial charge in [-0.05, 0) is 32.6 Å². The molecule has 1 aromatic rings.